The molecule has 5 nitrogen and oxygen atoms in total. The number of ether oxygens (including phenoxy) is 3. The SMILES string of the molecule is COCCOCC(O)CN(C)CC1CCCCO1. The van der Waals surface area contributed by atoms with Crippen LogP contribution in [-0.2, 0) is 14.2 Å². The lowest BCUT2D eigenvalue weighted by atomic mass is 10.1. The van der Waals surface area contributed by atoms with Gasteiger partial charge in [0.1, 0.15) is 0 Å². The van der Waals surface area contributed by atoms with Crippen LogP contribution in [0.3, 0.4) is 0 Å². The molecule has 0 aromatic carbocycles. The fraction of sp³-hybridized carbons (Fsp3) is 1.00. The van der Waals surface area contributed by atoms with Crippen LogP contribution >= 0.6 is 0 Å². The van der Waals surface area contributed by atoms with E-state index in [9.17, 15) is 5.11 Å². The summed E-state index contributed by atoms with van der Waals surface area (Å²) in [7, 11) is 3.65. The summed E-state index contributed by atoms with van der Waals surface area (Å²) < 4.78 is 15.8. The highest BCUT2D eigenvalue weighted by Gasteiger charge is 2.17. The molecule has 0 bridgehead atoms. The zero-order valence-electron chi connectivity index (χ0n) is 11.6. The monoisotopic (exact) mass is 261 g/mol. The number of likely N-dealkylation sites (N-methyl/N-ethyl adjacent to an activating group) is 1. The molecule has 1 heterocycles. The smallest absolute Gasteiger partial charge is 0.0900 e. The van der Waals surface area contributed by atoms with Crippen molar-refractivity contribution >= 4 is 0 Å². The van der Waals surface area contributed by atoms with Crippen LogP contribution in [0.5, 0.6) is 0 Å². The number of hydrogen-bond acceptors (Lipinski definition) is 5. The second kappa shape index (κ2) is 9.69. The van der Waals surface area contributed by atoms with Gasteiger partial charge < -0.3 is 24.2 Å². The molecule has 0 aliphatic carbocycles. The van der Waals surface area contributed by atoms with E-state index in [4.69, 9.17) is 14.2 Å². The van der Waals surface area contributed by atoms with Gasteiger partial charge >= 0.3 is 0 Å². The Balaban J connectivity index is 2.04. The van der Waals surface area contributed by atoms with E-state index in [2.05, 4.69) is 4.90 Å². The van der Waals surface area contributed by atoms with Crippen LogP contribution in [0.15, 0.2) is 0 Å². The molecule has 1 saturated heterocycles. The first-order valence-electron chi connectivity index (χ1n) is 6.77. The van der Waals surface area contributed by atoms with Crippen molar-refractivity contribution in [2.24, 2.45) is 0 Å². The van der Waals surface area contributed by atoms with Crippen molar-refractivity contribution in [2.75, 3.05) is 53.7 Å². The summed E-state index contributed by atoms with van der Waals surface area (Å²) in [6.07, 6.45) is 3.43. The first-order valence-corrected chi connectivity index (χ1v) is 6.77. The van der Waals surface area contributed by atoms with Crippen LogP contribution in [0, 0.1) is 0 Å². The molecule has 1 N–H and O–H groups in total. The van der Waals surface area contributed by atoms with Crippen LogP contribution in [-0.4, -0.2) is 75.9 Å². The largest absolute Gasteiger partial charge is 0.389 e. The van der Waals surface area contributed by atoms with E-state index in [0.29, 0.717) is 32.5 Å². The zero-order chi connectivity index (χ0) is 13.2. The van der Waals surface area contributed by atoms with Gasteiger partial charge in [0.25, 0.3) is 0 Å². The third-order valence-corrected chi connectivity index (χ3v) is 3.05. The summed E-state index contributed by atoms with van der Waals surface area (Å²) in [5.41, 5.74) is 0. The zero-order valence-corrected chi connectivity index (χ0v) is 11.6. The Bertz CT molecular complexity index is 197. The Hall–Kier alpha value is -0.200. The Labute approximate surface area is 110 Å². The van der Waals surface area contributed by atoms with Gasteiger partial charge in [-0.05, 0) is 26.3 Å². The lowest BCUT2D eigenvalue weighted by Gasteiger charge is -2.28. The second-order valence-electron chi connectivity index (χ2n) is 4.93. The first-order chi connectivity index (χ1) is 8.72. The molecule has 1 rings (SSSR count). The van der Waals surface area contributed by atoms with Crippen LogP contribution in [0.2, 0.25) is 0 Å². The highest BCUT2D eigenvalue weighted by atomic mass is 16.5. The van der Waals surface area contributed by atoms with Crippen molar-refractivity contribution in [1.29, 1.82) is 0 Å². The molecule has 0 saturated carbocycles. The van der Waals surface area contributed by atoms with Crippen LogP contribution in [0.4, 0.5) is 0 Å². The van der Waals surface area contributed by atoms with Crippen molar-refractivity contribution in [3.8, 4) is 0 Å². The van der Waals surface area contributed by atoms with E-state index in [1.165, 1.54) is 12.8 Å². The van der Waals surface area contributed by atoms with Gasteiger partial charge in [0, 0.05) is 26.8 Å². The van der Waals surface area contributed by atoms with Crippen molar-refractivity contribution in [3.05, 3.63) is 0 Å². The minimum absolute atomic E-state index is 0.324. The molecular formula is C13H27NO4. The number of nitrogens with zero attached hydrogens (tertiary/aromatic N) is 1. The van der Waals surface area contributed by atoms with Gasteiger partial charge in [0.05, 0.1) is 32.0 Å². The minimum Gasteiger partial charge on any atom is -0.389 e. The van der Waals surface area contributed by atoms with Crippen LogP contribution < -0.4 is 0 Å². The molecule has 1 fully saturated rings. The van der Waals surface area contributed by atoms with Gasteiger partial charge in [-0.3, -0.25) is 0 Å². The number of aliphatic hydroxyl groups is 1. The maximum absolute atomic E-state index is 9.80. The lowest BCUT2D eigenvalue weighted by Crippen LogP contribution is -2.39. The fourth-order valence-electron chi connectivity index (χ4n) is 2.15. The van der Waals surface area contributed by atoms with E-state index in [1.807, 2.05) is 7.05 Å². The molecule has 0 aromatic rings. The van der Waals surface area contributed by atoms with Crippen molar-refractivity contribution in [3.63, 3.8) is 0 Å². The molecule has 2 atom stereocenters. The minimum atomic E-state index is -0.449. The van der Waals surface area contributed by atoms with Gasteiger partial charge in [-0.1, -0.05) is 0 Å². The Kier molecular flexibility index (Phi) is 8.54. The van der Waals surface area contributed by atoms with Crippen molar-refractivity contribution in [1.82, 2.24) is 4.90 Å². The normalized spacial score (nSPS) is 22.3. The highest BCUT2D eigenvalue weighted by Crippen LogP contribution is 2.13. The van der Waals surface area contributed by atoms with E-state index in [-0.39, 0.29) is 0 Å². The number of rotatable bonds is 9. The van der Waals surface area contributed by atoms with E-state index in [1.54, 1.807) is 7.11 Å². The molecule has 1 aliphatic heterocycles. The summed E-state index contributed by atoms with van der Waals surface area (Å²) in [6.45, 7) is 3.84. The first kappa shape index (κ1) is 15.9. The Morgan fingerprint density at radius 1 is 1.39 bits per heavy atom. The Morgan fingerprint density at radius 3 is 2.89 bits per heavy atom. The molecule has 108 valence electrons. The number of hydrogen-bond donors (Lipinski definition) is 1. The molecule has 0 aromatic heterocycles. The summed E-state index contributed by atoms with van der Waals surface area (Å²) in [5.74, 6) is 0. The van der Waals surface area contributed by atoms with E-state index >= 15 is 0 Å². The molecule has 5 heteroatoms. The van der Waals surface area contributed by atoms with Gasteiger partial charge in [0.15, 0.2) is 0 Å². The predicted octanol–water partition coefficient (Wildman–Crippen LogP) is 0.511. The molecule has 2 unspecified atom stereocenters. The maximum Gasteiger partial charge on any atom is 0.0900 e. The van der Waals surface area contributed by atoms with Crippen molar-refractivity contribution in [2.45, 2.75) is 31.5 Å². The second-order valence-corrected chi connectivity index (χ2v) is 4.93. The van der Waals surface area contributed by atoms with Crippen LogP contribution in [0.25, 0.3) is 0 Å². The summed E-state index contributed by atoms with van der Waals surface area (Å²) in [4.78, 5) is 2.11. The topological polar surface area (TPSA) is 51.2 Å². The molecule has 0 amide bonds. The molecular weight excluding hydrogens is 234 g/mol. The van der Waals surface area contributed by atoms with E-state index in [0.717, 1.165) is 19.6 Å². The maximum atomic E-state index is 9.80. The lowest BCUT2D eigenvalue weighted by molar-refractivity contribution is -0.0228. The molecule has 1 aliphatic rings. The third-order valence-electron chi connectivity index (χ3n) is 3.05. The standard InChI is InChI=1S/C13H27NO4/c1-14(10-13-5-3-4-6-18-13)9-12(15)11-17-8-7-16-2/h12-13,15H,3-11H2,1-2H3. The van der Waals surface area contributed by atoms with Gasteiger partial charge in [-0.2, -0.15) is 0 Å². The average Bonchev–Trinajstić information content (AvgIpc) is 2.35. The molecule has 18 heavy (non-hydrogen) atoms. The summed E-state index contributed by atoms with van der Waals surface area (Å²) in [5, 5.41) is 9.80. The Morgan fingerprint density at radius 2 is 2.22 bits per heavy atom. The highest BCUT2D eigenvalue weighted by molar-refractivity contribution is 4.69. The molecule has 0 spiro atoms. The van der Waals surface area contributed by atoms with Crippen LogP contribution in [0.1, 0.15) is 19.3 Å². The summed E-state index contributed by atoms with van der Waals surface area (Å²) >= 11 is 0. The van der Waals surface area contributed by atoms with E-state index < -0.39 is 6.10 Å². The number of aliphatic hydroxyl groups excluding tert-OH is 1. The average molecular weight is 261 g/mol. The van der Waals surface area contributed by atoms with Gasteiger partial charge in [-0.25, -0.2) is 0 Å². The fourth-order valence-corrected chi connectivity index (χ4v) is 2.15. The predicted molar refractivity (Wildman–Crippen MR) is 69.8 cm³/mol. The quantitative estimate of drug-likeness (QED) is 0.613. The van der Waals surface area contributed by atoms with Crippen molar-refractivity contribution < 1.29 is 19.3 Å². The summed E-state index contributed by atoms with van der Waals surface area (Å²) in [6, 6.07) is 0. The molecule has 0 radical (unpaired) electrons. The van der Waals surface area contributed by atoms with Gasteiger partial charge in [-0.15, -0.1) is 0 Å². The number of methoxy groups -OCH3 is 1. The third kappa shape index (κ3) is 7.28. The van der Waals surface area contributed by atoms with Gasteiger partial charge in [0.2, 0.25) is 0 Å².